The summed E-state index contributed by atoms with van der Waals surface area (Å²) in [4.78, 5) is 8.95. The molecule has 1 saturated heterocycles. The zero-order valence-corrected chi connectivity index (χ0v) is 11.5. The molecule has 1 unspecified atom stereocenters. The quantitative estimate of drug-likeness (QED) is 0.904. The minimum atomic E-state index is 0.580. The standard InChI is InChI=1S/C15H23N3O/c1-2-6-13(5-1)15-17-9-14(10-18-15)19-11-12-4-3-7-16-8-12/h9-10,12-13,16H,1-8,11H2. The molecule has 0 amide bonds. The minimum Gasteiger partial charge on any atom is -0.490 e. The van der Waals surface area contributed by atoms with E-state index < -0.39 is 0 Å². The van der Waals surface area contributed by atoms with Gasteiger partial charge in [-0.2, -0.15) is 0 Å². The van der Waals surface area contributed by atoms with E-state index >= 15 is 0 Å². The Bertz CT molecular complexity index is 381. The predicted molar refractivity (Wildman–Crippen MR) is 74.3 cm³/mol. The smallest absolute Gasteiger partial charge is 0.155 e. The van der Waals surface area contributed by atoms with Crippen LogP contribution in [-0.2, 0) is 0 Å². The largest absolute Gasteiger partial charge is 0.490 e. The van der Waals surface area contributed by atoms with Gasteiger partial charge in [-0.15, -0.1) is 0 Å². The van der Waals surface area contributed by atoms with E-state index in [1.165, 1.54) is 38.5 Å². The molecule has 1 aromatic heterocycles. The molecule has 1 aliphatic heterocycles. The molecule has 1 saturated carbocycles. The van der Waals surface area contributed by atoms with E-state index in [0.717, 1.165) is 31.3 Å². The van der Waals surface area contributed by atoms with Crippen LogP contribution in [-0.4, -0.2) is 29.7 Å². The number of nitrogens with one attached hydrogen (secondary N) is 1. The van der Waals surface area contributed by atoms with Gasteiger partial charge in [-0.05, 0) is 32.2 Å². The second kappa shape index (κ2) is 6.33. The summed E-state index contributed by atoms with van der Waals surface area (Å²) in [6.07, 6.45) is 11.3. The molecule has 0 bridgehead atoms. The first-order valence-corrected chi connectivity index (χ1v) is 7.57. The van der Waals surface area contributed by atoms with Gasteiger partial charge in [-0.3, -0.25) is 0 Å². The average Bonchev–Trinajstić information content (AvgIpc) is 3.01. The first-order chi connectivity index (χ1) is 9.42. The van der Waals surface area contributed by atoms with Crippen LogP contribution in [0.4, 0.5) is 0 Å². The van der Waals surface area contributed by atoms with E-state index in [0.29, 0.717) is 11.8 Å². The van der Waals surface area contributed by atoms with Crippen LogP contribution in [0.1, 0.15) is 50.3 Å². The number of hydrogen-bond acceptors (Lipinski definition) is 4. The Labute approximate surface area is 115 Å². The highest BCUT2D eigenvalue weighted by atomic mass is 16.5. The van der Waals surface area contributed by atoms with Crippen molar-refractivity contribution in [1.82, 2.24) is 15.3 Å². The third-order valence-electron chi connectivity index (χ3n) is 4.25. The molecule has 0 spiro atoms. The lowest BCUT2D eigenvalue weighted by atomic mass is 10.0. The molecular formula is C15H23N3O. The van der Waals surface area contributed by atoms with Crippen LogP contribution >= 0.6 is 0 Å². The fourth-order valence-electron chi connectivity index (χ4n) is 3.08. The fraction of sp³-hybridized carbons (Fsp3) is 0.733. The number of ether oxygens (including phenoxy) is 1. The molecule has 104 valence electrons. The third-order valence-corrected chi connectivity index (χ3v) is 4.25. The van der Waals surface area contributed by atoms with Crippen molar-refractivity contribution in [3.8, 4) is 5.75 Å². The van der Waals surface area contributed by atoms with Crippen LogP contribution in [0.3, 0.4) is 0 Å². The van der Waals surface area contributed by atoms with Crippen molar-refractivity contribution in [2.24, 2.45) is 5.92 Å². The van der Waals surface area contributed by atoms with Crippen molar-refractivity contribution in [2.45, 2.75) is 44.4 Å². The van der Waals surface area contributed by atoms with Crippen molar-refractivity contribution >= 4 is 0 Å². The van der Waals surface area contributed by atoms with E-state index in [4.69, 9.17) is 4.74 Å². The highest BCUT2D eigenvalue weighted by Gasteiger charge is 2.19. The van der Waals surface area contributed by atoms with Gasteiger partial charge >= 0.3 is 0 Å². The van der Waals surface area contributed by atoms with Gasteiger partial charge in [0, 0.05) is 18.4 Å². The highest BCUT2D eigenvalue weighted by molar-refractivity contribution is 5.14. The van der Waals surface area contributed by atoms with Crippen molar-refractivity contribution in [2.75, 3.05) is 19.7 Å². The summed E-state index contributed by atoms with van der Waals surface area (Å²) in [7, 11) is 0. The molecule has 2 heterocycles. The van der Waals surface area contributed by atoms with Gasteiger partial charge in [0.05, 0.1) is 19.0 Å². The van der Waals surface area contributed by atoms with Crippen LogP contribution in [0.25, 0.3) is 0 Å². The fourth-order valence-corrected chi connectivity index (χ4v) is 3.08. The van der Waals surface area contributed by atoms with Crippen molar-refractivity contribution in [3.05, 3.63) is 18.2 Å². The van der Waals surface area contributed by atoms with Crippen LogP contribution < -0.4 is 10.1 Å². The molecule has 4 heteroatoms. The van der Waals surface area contributed by atoms with Gasteiger partial charge in [-0.1, -0.05) is 12.8 Å². The molecule has 1 aromatic rings. The van der Waals surface area contributed by atoms with Gasteiger partial charge in [-0.25, -0.2) is 9.97 Å². The normalized spacial score (nSPS) is 24.5. The Balaban J connectivity index is 1.50. The number of hydrogen-bond donors (Lipinski definition) is 1. The summed E-state index contributed by atoms with van der Waals surface area (Å²) < 4.78 is 5.80. The summed E-state index contributed by atoms with van der Waals surface area (Å²) in [5.41, 5.74) is 0. The maximum Gasteiger partial charge on any atom is 0.155 e. The highest BCUT2D eigenvalue weighted by Crippen LogP contribution is 2.32. The molecule has 0 radical (unpaired) electrons. The number of piperidine rings is 1. The van der Waals surface area contributed by atoms with Crippen LogP contribution in [0, 0.1) is 5.92 Å². The first kappa shape index (κ1) is 12.9. The summed E-state index contributed by atoms with van der Waals surface area (Å²) in [5, 5.41) is 3.41. The summed E-state index contributed by atoms with van der Waals surface area (Å²) in [6.45, 7) is 3.00. The monoisotopic (exact) mass is 261 g/mol. The Hall–Kier alpha value is -1.16. The molecule has 0 aromatic carbocycles. The van der Waals surface area contributed by atoms with E-state index in [9.17, 15) is 0 Å². The zero-order chi connectivity index (χ0) is 12.9. The number of nitrogens with zero attached hydrogens (tertiary/aromatic N) is 2. The lowest BCUT2D eigenvalue weighted by molar-refractivity contribution is 0.217. The zero-order valence-electron chi connectivity index (χ0n) is 11.5. The molecule has 1 N–H and O–H groups in total. The average molecular weight is 261 g/mol. The van der Waals surface area contributed by atoms with Crippen LogP contribution in [0.15, 0.2) is 12.4 Å². The molecule has 1 aliphatic carbocycles. The molecule has 2 aliphatic rings. The Morgan fingerprint density at radius 2 is 1.89 bits per heavy atom. The molecule has 2 fully saturated rings. The second-order valence-electron chi connectivity index (χ2n) is 5.78. The summed E-state index contributed by atoms with van der Waals surface area (Å²) >= 11 is 0. The van der Waals surface area contributed by atoms with Gasteiger partial charge in [0.1, 0.15) is 5.82 Å². The van der Waals surface area contributed by atoms with Crippen molar-refractivity contribution < 1.29 is 4.74 Å². The van der Waals surface area contributed by atoms with E-state index in [1.54, 1.807) is 0 Å². The summed E-state index contributed by atoms with van der Waals surface area (Å²) in [6, 6.07) is 0. The topological polar surface area (TPSA) is 47.0 Å². The van der Waals surface area contributed by atoms with Crippen LogP contribution in [0.2, 0.25) is 0 Å². The molecule has 4 nitrogen and oxygen atoms in total. The molecule has 19 heavy (non-hydrogen) atoms. The van der Waals surface area contributed by atoms with E-state index in [-0.39, 0.29) is 0 Å². The molecular weight excluding hydrogens is 238 g/mol. The lowest BCUT2D eigenvalue weighted by Gasteiger charge is -2.22. The second-order valence-corrected chi connectivity index (χ2v) is 5.78. The SMILES string of the molecule is c1nc(C2CCCC2)ncc1OCC1CCCNC1. The Morgan fingerprint density at radius 3 is 2.58 bits per heavy atom. The van der Waals surface area contributed by atoms with Gasteiger partial charge < -0.3 is 10.1 Å². The maximum absolute atomic E-state index is 5.80. The Kier molecular flexibility index (Phi) is 4.28. The predicted octanol–water partition coefficient (Wildman–Crippen LogP) is 2.51. The third kappa shape index (κ3) is 3.44. The minimum absolute atomic E-state index is 0.580. The first-order valence-electron chi connectivity index (χ1n) is 7.57. The van der Waals surface area contributed by atoms with Crippen molar-refractivity contribution in [1.29, 1.82) is 0 Å². The van der Waals surface area contributed by atoms with E-state index in [1.807, 2.05) is 12.4 Å². The van der Waals surface area contributed by atoms with E-state index in [2.05, 4.69) is 15.3 Å². The molecule has 1 atom stereocenters. The van der Waals surface area contributed by atoms with Gasteiger partial charge in [0.25, 0.3) is 0 Å². The van der Waals surface area contributed by atoms with Gasteiger partial charge in [0.15, 0.2) is 5.75 Å². The van der Waals surface area contributed by atoms with Gasteiger partial charge in [0.2, 0.25) is 0 Å². The van der Waals surface area contributed by atoms with Crippen LogP contribution in [0.5, 0.6) is 5.75 Å². The van der Waals surface area contributed by atoms with Crippen molar-refractivity contribution in [3.63, 3.8) is 0 Å². The molecule has 3 rings (SSSR count). The maximum atomic E-state index is 5.80. The summed E-state index contributed by atoms with van der Waals surface area (Å²) in [5.74, 6) is 3.02. The number of aromatic nitrogens is 2. The Morgan fingerprint density at radius 1 is 1.11 bits per heavy atom. The lowest BCUT2D eigenvalue weighted by Crippen LogP contribution is -2.33. The number of rotatable bonds is 4.